The fourth-order valence-corrected chi connectivity index (χ4v) is 8.07. The molecule has 0 aromatic rings. The Morgan fingerprint density at radius 3 is 1.00 bits per heavy atom. The molecule has 0 aliphatic heterocycles. The highest BCUT2D eigenvalue weighted by atomic mass is 28.3. The zero-order valence-electron chi connectivity index (χ0n) is 14.2. The molecular weight excluding hydrogens is 256 g/mol. The summed E-state index contributed by atoms with van der Waals surface area (Å²) in [7, 11) is -2.26. The monoisotopic (exact) mass is 290 g/mol. The maximum Gasteiger partial charge on any atom is 0.0957 e. The lowest BCUT2D eigenvalue weighted by Crippen LogP contribution is -2.41. The van der Waals surface area contributed by atoms with Crippen LogP contribution in [0.5, 0.6) is 0 Å². The molecule has 0 rings (SSSR count). The van der Waals surface area contributed by atoms with Crippen LogP contribution in [0.1, 0.15) is 27.7 Å². The van der Waals surface area contributed by atoms with E-state index in [4.69, 9.17) is 9.78 Å². The maximum absolute atomic E-state index is 5.77. The third-order valence-corrected chi connectivity index (χ3v) is 6.23. The molecule has 0 heterocycles. The van der Waals surface area contributed by atoms with Gasteiger partial charge in [0.25, 0.3) is 0 Å². The highest BCUT2D eigenvalue weighted by Gasteiger charge is 2.33. The number of hydrogen-bond donors (Lipinski definition) is 0. The summed E-state index contributed by atoms with van der Waals surface area (Å²) in [5.74, 6) is 0. The van der Waals surface area contributed by atoms with Crippen molar-refractivity contribution >= 4 is 16.1 Å². The third kappa shape index (κ3) is 10.3. The minimum absolute atomic E-state index is 0.179. The number of rotatable bonds is 7. The highest BCUT2D eigenvalue weighted by molar-refractivity contribution is 6.76. The molecule has 0 aromatic heterocycles. The lowest BCUT2D eigenvalue weighted by molar-refractivity contribution is -0.393. The first-order valence-corrected chi connectivity index (χ1v) is 14.4. The molecule has 4 heteroatoms. The summed E-state index contributed by atoms with van der Waals surface area (Å²) in [6.07, 6.45) is 0. The van der Waals surface area contributed by atoms with Gasteiger partial charge in [-0.15, -0.1) is 0 Å². The Hall–Kier alpha value is 0.354. The summed E-state index contributed by atoms with van der Waals surface area (Å²) >= 11 is 0. The van der Waals surface area contributed by atoms with Gasteiger partial charge in [-0.3, -0.25) is 0 Å². The summed E-state index contributed by atoms with van der Waals surface area (Å²) in [6, 6.07) is 2.23. The first kappa shape index (κ1) is 18.4. The Kier molecular flexibility index (Phi) is 5.89. The van der Waals surface area contributed by atoms with Crippen molar-refractivity contribution in [3.63, 3.8) is 0 Å². The summed E-state index contributed by atoms with van der Waals surface area (Å²) in [5, 5.41) is 0. The molecule has 0 fully saturated rings. The molecule has 18 heavy (non-hydrogen) atoms. The van der Waals surface area contributed by atoms with Crippen LogP contribution >= 0.6 is 0 Å². The van der Waals surface area contributed by atoms with Crippen LogP contribution in [0.2, 0.25) is 51.4 Å². The molecule has 0 unspecified atom stereocenters. The Morgan fingerprint density at radius 2 is 0.833 bits per heavy atom. The minimum atomic E-state index is -1.13. The lowest BCUT2D eigenvalue weighted by Gasteiger charge is -2.36. The molecule has 0 aromatic carbocycles. The lowest BCUT2D eigenvalue weighted by atomic mass is 10.2. The first-order valence-electron chi connectivity index (χ1n) is 6.99. The second-order valence-electron chi connectivity index (χ2n) is 9.16. The second-order valence-corrected chi connectivity index (χ2v) is 20.1. The van der Waals surface area contributed by atoms with Gasteiger partial charge >= 0.3 is 0 Å². The molecule has 0 N–H and O–H groups in total. The van der Waals surface area contributed by atoms with E-state index in [1.807, 2.05) is 0 Å². The van der Waals surface area contributed by atoms with Crippen molar-refractivity contribution < 1.29 is 9.78 Å². The van der Waals surface area contributed by atoms with Crippen molar-refractivity contribution in [2.45, 2.75) is 90.3 Å². The zero-order chi connectivity index (χ0) is 14.8. The quantitative estimate of drug-likeness (QED) is 0.366. The van der Waals surface area contributed by atoms with Crippen molar-refractivity contribution in [1.82, 2.24) is 0 Å². The van der Waals surface area contributed by atoms with Gasteiger partial charge in [0.05, 0.1) is 11.2 Å². The minimum Gasteiger partial charge on any atom is -0.230 e. The largest absolute Gasteiger partial charge is 0.230 e. The molecule has 0 aliphatic rings. The molecule has 0 bridgehead atoms. The predicted molar refractivity (Wildman–Crippen MR) is 86.6 cm³/mol. The van der Waals surface area contributed by atoms with Gasteiger partial charge in [0.15, 0.2) is 0 Å². The molecule has 0 spiro atoms. The number of hydrogen-bond acceptors (Lipinski definition) is 2. The molecule has 0 saturated heterocycles. The molecule has 0 aliphatic carbocycles. The molecule has 2 nitrogen and oxygen atoms in total. The van der Waals surface area contributed by atoms with Crippen molar-refractivity contribution in [3.8, 4) is 0 Å². The van der Waals surface area contributed by atoms with E-state index in [2.05, 4.69) is 67.0 Å². The Labute approximate surface area is 116 Å². The van der Waals surface area contributed by atoms with E-state index in [9.17, 15) is 0 Å². The Balaban J connectivity index is 4.38. The zero-order valence-corrected chi connectivity index (χ0v) is 16.2. The summed E-state index contributed by atoms with van der Waals surface area (Å²) in [5.41, 5.74) is -0.359. The van der Waals surface area contributed by atoms with Gasteiger partial charge < -0.3 is 0 Å². The SMILES string of the molecule is CC(C)(C[Si](C)(C)C)OOC(C)(C)C[Si](C)(C)C. The normalized spacial score (nSPS) is 15.0. The fraction of sp³-hybridized carbons (Fsp3) is 1.00. The van der Waals surface area contributed by atoms with Crippen LogP contribution in [0.3, 0.4) is 0 Å². The van der Waals surface area contributed by atoms with Crippen LogP contribution in [-0.4, -0.2) is 27.3 Å². The van der Waals surface area contributed by atoms with Gasteiger partial charge in [0.2, 0.25) is 0 Å². The molecule has 0 amide bonds. The maximum atomic E-state index is 5.77. The van der Waals surface area contributed by atoms with E-state index < -0.39 is 16.1 Å². The van der Waals surface area contributed by atoms with Gasteiger partial charge in [-0.05, 0) is 39.8 Å². The van der Waals surface area contributed by atoms with Gasteiger partial charge in [0, 0.05) is 16.1 Å². The second kappa shape index (κ2) is 5.77. The molecule has 0 saturated carbocycles. The summed E-state index contributed by atoms with van der Waals surface area (Å²) < 4.78 is 0. The van der Waals surface area contributed by atoms with Crippen LogP contribution in [0.15, 0.2) is 0 Å². The summed E-state index contributed by atoms with van der Waals surface area (Å²) in [4.78, 5) is 11.5. The average molecular weight is 291 g/mol. The van der Waals surface area contributed by atoms with Crippen molar-refractivity contribution in [2.24, 2.45) is 0 Å². The van der Waals surface area contributed by atoms with Gasteiger partial charge in [0.1, 0.15) is 0 Å². The van der Waals surface area contributed by atoms with Crippen molar-refractivity contribution in [2.75, 3.05) is 0 Å². The van der Waals surface area contributed by atoms with E-state index >= 15 is 0 Å². The van der Waals surface area contributed by atoms with Gasteiger partial charge in [-0.2, -0.15) is 0 Å². The Morgan fingerprint density at radius 1 is 0.611 bits per heavy atom. The molecule has 0 atom stereocenters. The topological polar surface area (TPSA) is 18.5 Å². The van der Waals surface area contributed by atoms with Crippen LogP contribution in [0, 0.1) is 0 Å². The van der Waals surface area contributed by atoms with Crippen LogP contribution in [0.4, 0.5) is 0 Å². The van der Waals surface area contributed by atoms with Gasteiger partial charge in [-0.1, -0.05) is 39.3 Å². The average Bonchev–Trinajstić information content (AvgIpc) is 1.91. The summed E-state index contributed by atoms with van der Waals surface area (Å²) in [6.45, 7) is 22.7. The van der Waals surface area contributed by atoms with Crippen molar-refractivity contribution in [1.29, 1.82) is 0 Å². The van der Waals surface area contributed by atoms with E-state index in [-0.39, 0.29) is 11.2 Å². The predicted octanol–water partition coefficient (Wildman–Crippen LogP) is 5.17. The molecule has 110 valence electrons. The first-order chi connectivity index (χ1) is 7.62. The van der Waals surface area contributed by atoms with Crippen LogP contribution in [0.25, 0.3) is 0 Å². The van der Waals surface area contributed by atoms with E-state index in [0.717, 1.165) is 12.1 Å². The van der Waals surface area contributed by atoms with E-state index in [1.165, 1.54) is 0 Å². The standard InChI is InChI=1S/C14H34O2Si2/c1-13(2,11-17(5,6)7)15-16-14(3,4)12-18(8,9)10/h11-12H2,1-10H3. The Bertz CT molecular complexity index is 232. The van der Waals surface area contributed by atoms with Crippen molar-refractivity contribution in [3.05, 3.63) is 0 Å². The van der Waals surface area contributed by atoms with E-state index in [0.29, 0.717) is 0 Å². The molecular formula is C14H34O2Si2. The van der Waals surface area contributed by atoms with E-state index in [1.54, 1.807) is 0 Å². The van der Waals surface area contributed by atoms with Crippen LogP contribution < -0.4 is 0 Å². The van der Waals surface area contributed by atoms with Crippen LogP contribution in [-0.2, 0) is 9.78 Å². The third-order valence-electron chi connectivity index (χ3n) is 2.40. The smallest absolute Gasteiger partial charge is 0.0957 e. The molecule has 0 radical (unpaired) electrons. The fourth-order valence-electron chi connectivity index (χ4n) is 2.84. The highest BCUT2D eigenvalue weighted by Crippen LogP contribution is 2.29. The van der Waals surface area contributed by atoms with Gasteiger partial charge in [-0.25, -0.2) is 9.78 Å².